The van der Waals surface area contributed by atoms with E-state index in [0.29, 0.717) is 6.61 Å². The van der Waals surface area contributed by atoms with E-state index < -0.39 is 0 Å². The van der Waals surface area contributed by atoms with Gasteiger partial charge in [0.2, 0.25) is 0 Å². The molecule has 0 amide bonds. The molecule has 0 bridgehead atoms. The van der Waals surface area contributed by atoms with Crippen LogP contribution in [0.15, 0.2) is 91.0 Å². The van der Waals surface area contributed by atoms with Crippen molar-refractivity contribution < 1.29 is 4.74 Å². The van der Waals surface area contributed by atoms with E-state index >= 15 is 0 Å². The lowest BCUT2D eigenvalue weighted by Gasteiger charge is -2.11. The summed E-state index contributed by atoms with van der Waals surface area (Å²) in [4.78, 5) is 4.88. The molecule has 31 heavy (non-hydrogen) atoms. The largest absolute Gasteiger partial charge is 0.494 e. The van der Waals surface area contributed by atoms with Gasteiger partial charge in [0, 0.05) is 17.1 Å². The van der Waals surface area contributed by atoms with Crippen molar-refractivity contribution in [3.05, 3.63) is 96.0 Å². The third-order valence-corrected chi connectivity index (χ3v) is 5.77. The molecule has 1 aromatic heterocycles. The molecule has 0 atom stereocenters. The molecule has 0 spiro atoms. The van der Waals surface area contributed by atoms with E-state index in [2.05, 4.69) is 59.2 Å². The topological polar surface area (TPSA) is 27.1 Å². The zero-order chi connectivity index (χ0) is 21.0. The lowest BCUT2D eigenvalue weighted by Crippen LogP contribution is -2.04. The van der Waals surface area contributed by atoms with Crippen LogP contribution in [0, 0.1) is 0 Å². The molecule has 0 N–H and O–H groups in total. The maximum Gasteiger partial charge on any atom is 0.141 e. The molecule has 5 aromatic rings. The Morgan fingerprint density at radius 1 is 0.774 bits per heavy atom. The molecule has 3 nitrogen and oxygen atoms in total. The van der Waals surface area contributed by atoms with Crippen molar-refractivity contribution in [3.63, 3.8) is 0 Å². The van der Waals surface area contributed by atoms with Gasteiger partial charge in [-0.3, -0.25) is 0 Å². The SMILES string of the molecule is Clc1ccc(-c2nc3ccccc3n2CCCCOc2ccc3ccccc3c2)cc1. The summed E-state index contributed by atoms with van der Waals surface area (Å²) in [5.74, 6) is 1.90. The van der Waals surface area contributed by atoms with Crippen LogP contribution in [0.2, 0.25) is 5.02 Å². The van der Waals surface area contributed by atoms with E-state index in [1.807, 2.05) is 36.4 Å². The van der Waals surface area contributed by atoms with Gasteiger partial charge in [-0.2, -0.15) is 0 Å². The third-order valence-electron chi connectivity index (χ3n) is 5.52. The van der Waals surface area contributed by atoms with Gasteiger partial charge in [0.25, 0.3) is 0 Å². The van der Waals surface area contributed by atoms with Gasteiger partial charge in [0.15, 0.2) is 0 Å². The van der Waals surface area contributed by atoms with Crippen LogP contribution in [0.3, 0.4) is 0 Å². The van der Waals surface area contributed by atoms with Gasteiger partial charge in [0.1, 0.15) is 11.6 Å². The van der Waals surface area contributed by atoms with Crippen LogP contribution in [-0.4, -0.2) is 16.2 Å². The Morgan fingerprint density at radius 3 is 2.42 bits per heavy atom. The number of unbranched alkanes of at least 4 members (excludes halogenated alkanes) is 1. The number of rotatable bonds is 7. The van der Waals surface area contributed by atoms with E-state index in [1.54, 1.807) is 0 Å². The monoisotopic (exact) mass is 426 g/mol. The smallest absolute Gasteiger partial charge is 0.141 e. The summed E-state index contributed by atoms with van der Waals surface area (Å²) in [6.07, 6.45) is 1.98. The molecule has 0 unspecified atom stereocenters. The Labute approximate surface area is 186 Å². The molecular formula is C27H23ClN2O. The first-order valence-corrected chi connectivity index (χ1v) is 11.0. The summed E-state index contributed by atoms with van der Waals surface area (Å²) < 4.78 is 8.31. The van der Waals surface area contributed by atoms with Crippen molar-refractivity contribution in [2.75, 3.05) is 6.61 Å². The third kappa shape index (κ3) is 4.28. The van der Waals surface area contributed by atoms with Crippen molar-refractivity contribution in [1.29, 1.82) is 0 Å². The summed E-state index contributed by atoms with van der Waals surface area (Å²) in [5, 5.41) is 3.17. The quantitative estimate of drug-likeness (QED) is 0.254. The van der Waals surface area contributed by atoms with E-state index in [4.69, 9.17) is 21.3 Å². The van der Waals surface area contributed by atoms with E-state index in [-0.39, 0.29) is 0 Å². The number of para-hydroxylation sites is 2. The number of benzene rings is 4. The predicted octanol–water partition coefficient (Wildman–Crippen LogP) is 7.37. The summed E-state index contributed by atoms with van der Waals surface area (Å²) in [7, 11) is 0. The molecule has 4 aromatic carbocycles. The van der Waals surface area contributed by atoms with Gasteiger partial charge in [-0.25, -0.2) is 4.98 Å². The zero-order valence-corrected chi connectivity index (χ0v) is 17.9. The highest BCUT2D eigenvalue weighted by Crippen LogP contribution is 2.27. The molecule has 0 fully saturated rings. The Bertz CT molecular complexity index is 1320. The molecule has 4 heteroatoms. The lowest BCUT2D eigenvalue weighted by atomic mass is 10.1. The summed E-state index contributed by atoms with van der Waals surface area (Å²) in [6.45, 7) is 1.58. The number of aryl methyl sites for hydroxylation is 1. The second-order valence-electron chi connectivity index (χ2n) is 7.65. The van der Waals surface area contributed by atoms with Crippen LogP contribution in [-0.2, 0) is 6.54 Å². The minimum Gasteiger partial charge on any atom is -0.494 e. The number of hydrogen-bond donors (Lipinski definition) is 0. The van der Waals surface area contributed by atoms with Crippen LogP contribution >= 0.6 is 11.6 Å². The molecule has 0 saturated heterocycles. The van der Waals surface area contributed by atoms with Crippen molar-refractivity contribution in [3.8, 4) is 17.1 Å². The van der Waals surface area contributed by atoms with Crippen molar-refractivity contribution in [2.24, 2.45) is 0 Å². The molecule has 5 rings (SSSR count). The molecule has 0 aliphatic heterocycles. The van der Waals surface area contributed by atoms with E-state index in [9.17, 15) is 0 Å². The Morgan fingerprint density at radius 2 is 1.55 bits per heavy atom. The van der Waals surface area contributed by atoms with Crippen LogP contribution in [0.25, 0.3) is 33.2 Å². The van der Waals surface area contributed by atoms with Gasteiger partial charge >= 0.3 is 0 Å². The van der Waals surface area contributed by atoms with E-state index in [0.717, 1.165) is 52.6 Å². The average Bonchev–Trinajstić information content (AvgIpc) is 3.18. The molecule has 0 saturated carbocycles. The first-order valence-electron chi connectivity index (χ1n) is 10.6. The lowest BCUT2D eigenvalue weighted by molar-refractivity contribution is 0.304. The second kappa shape index (κ2) is 8.83. The first kappa shape index (κ1) is 19.7. The Kier molecular flexibility index (Phi) is 5.59. The molecule has 0 aliphatic rings. The summed E-state index contributed by atoms with van der Waals surface area (Å²) in [6, 6.07) is 30.8. The van der Waals surface area contributed by atoms with Gasteiger partial charge in [-0.05, 0) is 72.1 Å². The molecule has 1 heterocycles. The van der Waals surface area contributed by atoms with Gasteiger partial charge in [-0.1, -0.05) is 54.1 Å². The predicted molar refractivity (Wildman–Crippen MR) is 129 cm³/mol. The van der Waals surface area contributed by atoms with Crippen LogP contribution < -0.4 is 4.74 Å². The van der Waals surface area contributed by atoms with Crippen LogP contribution in [0.4, 0.5) is 0 Å². The Hall–Kier alpha value is -3.30. The van der Waals surface area contributed by atoms with Crippen molar-refractivity contribution >= 4 is 33.4 Å². The van der Waals surface area contributed by atoms with Gasteiger partial charge in [0.05, 0.1) is 17.6 Å². The summed E-state index contributed by atoms with van der Waals surface area (Å²) in [5.41, 5.74) is 3.25. The molecule has 154 valence electrons. The maximum atomic E-state index is 6.08. The highest BCUT2D eigenvalue weighted by molar-refractivity contribution is 6.30. The number of hydrogen-bond acceptors (Lipinski definition) is 2. The highest BCUT2D eigenvalue weighted by atomic mass is 35.5. The van der Waals surface area contributed by atoms with Gasteiger partial charge < -0.3 is 9.30 Å². The van der Waals surface area contributed by atoms with Crippen molar-refractivity contribution in [1.82, 2.24) is 9.55 Å². The number of halogens is 1. The fourth-order valence-corrected chi connectivity index (χ4v) is 4.07. The first-order chi connectivity index (χ1) is 15.3. The number of fused-ring (bicyclic) bond motifs is 2. The van der Waals surface area contributed by atoms with Crippen molar-refractivity contribution in [2.45, 2.75) is 19.4 Å². The highest BCUT2D eigenvalue weighted by Gasteiger charge is 2.12. The fraction of sp³-hybridized carbons (Fsp3) is 0.148. The van der Waals surface area contributed by atoms with Crippen LogP contribution in [0.5, 0.6) is 5.75 Å². The number of ether oxygens (including phenoxy) is 1. The minimum absolute atomic E-state index is 0.696. The molecule has 0 radical (unpaired) electrons. The Balaban J connectivity index is 1.27. The average molecular weight is 427 g/mol. The minimum atomic E-state index is 0.696. The molecular weight excluding hydrogens is 404 g/mol. The van der Waals surface area contributed by atoms with Gasteiger partial charge in [-0.15, -0.1) is 0 Å². The van der Waals surface area contributed by atoms with Crippen LogP contribution in [0.1, 0.15) is 12.8 Å². The summed E-state index contributed by atoms with van der Waals surface area (Å²) >= 11 is 6.08. The number of imidazole rings is 1. The number of aromatic nitrogens is 2. The maximum absolute atomic E-state index is 6.08. The fourth-order valence-electron chi connectivity index (χ4n) is 3.94. The zero-order valence-electron chi connectivity index (χ0n) is 17.2. The standard InChI is InChI=1S/C27H23ClN2O/c28-23-14-11-21(12-15-23)27-29-25-9-3-4-10-26(25)30(27)17-5-6-18-31-24-16-13-20-7-1-2-8-22(20)19-24/h1-4,7-16,19H,5-6,17-18H2. The number of nitrogens with zero attached hydrogens (tertiary/aromatic N) is 2. The van der Waals surface area contributed by atoms with E-state index in [1.165, 1.54) is 10.8 Å². The second-order valence-corrected chi connectivity index (χ2v) is 8.08. The normalized spacial score (nSPS) is 11.3. The molecule has 0 aliphatic carbocycles.